The van der Waals surface area contributed by atoms with Gasteiger partial charge in [0.1, 0.15) is 28.7 Å². The van der Waals surface area contributed by atoms with Gasteiger partial charge in [-0.3, -0.25) is 10.3 Å². The third-order valence-electron chi connectivity index (χ3n) is 4.87. The molecule has 2 atom stereocenters. The molecule has 3 heterocycles. The number of rotatable bonds is 3. The van der Waals surface area contributed by atoms with E-state index in [1.807, 2.05) is 0 Å². The molecule has 2 aromatic rings. The average Bonchev–Trinajstić information content (AvgIpc) is 2.72. The van der Waals surface area contributed by atoms with Gasteiger partial charge in [-0.15, -0.1) is 0 Å². The van der Waals surface area contributed by atoms with Crippen LogP contribution in [0.5, 0.6) is 5.88 Å². The van der Waals surface area contributed by atoms with E-state index in [0.717, 1.165) is 12.1 Å². The summed E-state index contributed by atoms with van der Waals surface area (Å²) in [6, 6.07) is 1.81. The molecule has 1 amide bonds. The smallest absolute Gasteiger partial charge is 0.387 e. The topological polar surface area (TPSA) is 151 Å². The Morgan fingerprint density at radius 1 is 1.14 bits per heavy atom. The zero-order chi connectivity index (χ0) is 26.4. The fraction of sp³-hybridized carbons (Fsp3) is 0.389. The van der Waals surface area contributed by atoms with Crippen LogP contribution in [0.15, 0.2) is 23.3 Å². The molecule has 0 radical (unpaired) electrons. The third kappa shape index (κ3) is 5.03. The molecule has 35 heavy (non-hydrogen) atoms. The summed E-state index contributed by atoms with van der Waals surface area (Å²) in [5.74, 6) is -3.92. The van der Waals surface area contributed by atoms with E-state index < -0.39 is 70.9 Å². The van der Waals surface area contributed by atoms with Crippen molar-refractivity contribution in [1.29, 1.82) is 0 Å². The Labute approximate surface area is 191 Å². The van der Waals surface area contributed by atoms with E-state index in [-0.39, 0.29) is 12.0 Å². The lowest BCUT2D eigenvalue weighted by Crippen LogP contribution is -2.60. The van der Waals surface area contributed by atoms with E-state index in [1.165, 1.54) is 6.92 Å². The first kappa shape index (κ1) is 25.9. The molecule has 0 aliphatic carbocycles. The minimum absolute atomic E-state index is 0.286. The Balaban J connectivity index is 1.82. The number of alkyl halides is 6. The maximum atomic E-state index is 14.5. The molecule has 5 N–H and O–H groups in total. The summed E-state index contributed by atoms with van der Waals surface area (Å²) in [5, 5.41) is 2.05. The average molecular weight is 511 g/mol. The van der Waals surface area contributed by atoms with Crippen molar-refractivity contribution in [2.75, 3.05) is 17.7 Å². The van der Waals surface area contributed by atoms with E-state index in [1.54, 1.807) is 0 Å². The number of aliphatic imine (C=N–C) groups is 1. The van der Waals surface area contributed by atoms with Gasteiger partial charge in [0.15, 0.2) is 11.5 Å². The Bertz CT molecular complexity index is 1190. The van der Waals surface area contributed by atoms with Crippen molar-refractivity contribution in [3.63, 3.8) is 0 Å². The van der Waals surface area contributed by atoms with Gasteiger partial charge in [-0.25, -0.2) is 24.1 Å². The quantitative estimate of drug-likeness (QED) is 0.532. The van der Waals surface area contributed by atoms with Gasteiger partial charge in [0.25, 0.3) is 5.88 Å². The normalized spacial score (nSPS) is 22.9. The molecule has 2 unspecified atom stereocenters. The Hall–Kier alpha value is -3.76. The molecule has 3 rings (SSSR count). The van der Waals surface area contributed by atoms with Gasteiger partial charge < -0.3 is 20.9 Å². The van der Waals surface area contributed by atoms with Crippen LogP contribution in [-0.2, 0) is 16.5 Å². The van der Waals surface area contributed by atoms with Crippen LogP contribution in [-0.4, -0.2) is 45.3 Å². The SMILES string of the molecule is CC1(c2nc(NC(=O)Oc3ncc(C(F)(F)F)nc3N)ccc2F)COC(C)(C(F)(F)F)C(N)=N1. The predicted molar refractivity (Wildman–Crippen MR) is 105 cm³/mol. The third-order valence-corrected chi connectivity index (χ3v) is 4.87. The minimum atomic E-state index is -4.90. The van der Waals surface area contributed by atoms with Crippen molar-refractivity contribution in [2.24, 2.45) is 10.7 Å². The lowest BCUT2D eigenvalue weighted by molar-refractivity contribution is -0.249. The summed E-state index contributed by atoms with van der Waals surface area (Å²) in [5.41, 5.74) is 4.17. The molecule has 190 valence electrons. The summed E-state index contributed by atoms with van der Waals surface area (Å²) in [6.45, 7) is 1.11. The molecular weight excluding hydrogens is 495 g/mol. The molecule has 1 aliphatic heterocycles. The summed E-state index contributed by atoms with van der Waals surface area (Å²) >= 11 is 0. The number of aromatic nitrogens is 3. The van der Waals surface area contributed by atoms with E-state index in [0.29, 0.717) is 6.92 Å². The maximum absolute atomic E-state index is 14.5. The molecule has 0 spiro atoms. The van der Waals surface area contributed by atoms with Crippen molar-refractivity contribution in [1.82, 2.24) is 15.0 Å². The Kier molecular flexibility index (Phi) is 6.26. The number of ether oxygens (including phenoxy) is 2. The fourth-order valence-corrected chi connectivity index (χ4v) is 2.83. The second-order valence-corrected chi connectivity index (χ2v) is 7.58. The highest BCUT2D eigenvalue weighted by Gasteiger charge is 2.59. The second kappa shape index (κ2) is 8.47. The highest BCUT2D eigenvalue weighted by Crippen LogP contribution is 2.41. The molecule has 10 nitrogen and oxygen atoms in total. The number of nitrogen functional groups attached to an aromatic ring is 1. The number of hydrogen-bond donors (Lipinski definition) is 3. The van der Waals surface area contributed by atoms with Crippen molar-refractivity contribution < 1.29 is 45.0 Å². The first-order valence-electron chi connectivity index (χ1n) is 9.38. The first-order valence-corrected chi connectivity index (χ1v) is 9.38. The molecule has 17 heteroatoms. The number of nitrogens with one attached hydrogen (secondary N) is 1. The van der Waals surface area contributed by atoms with Crippen molar-refractivity contribution in [3.05, 3.63) is 35.5 Å². The molecule has 0 bridgehead atoms. The van der Waals surface area contributed by atoms with E-state index in [9.17, 15) is 35.5 Å². The molecular formula is C18H16F7N7O3. The Morgan fingerprint density at radius 2 is 1.80 bits per heavy atom. The number of nitrogens with zero attached hydrogens (tertiary/aromatic N) is 4. The standard InChI is InChI=1S/C18H16F7N7O3/c1-15(6-34-16(2,13(27)32-15)18(23,24)25)10-7(19)3-4-9(30-10)31-14(33)35-12-11(26)29-8(5-28-12)17(20,21)22/h3-5H,6H2,1-2H3,(H2,26,29)(H2,27,32)(H,30,31,33). The molecule has 0 saturated carbocycles. The van der Waals surface area contributed by atoms with Crippen molar-refractivity contribution in [3.8, 4) is 5.88 Å². The van der Waals surface area contributed by atoms with Crippen LogP contribution in [0.4, 0.5) is 47.2 Å². The number of amidine groups is 1. The molecule has 1 aliphatic rings. The number of amides is 1. The zero-order valence-electron chi connectivity index (χ0n) is 17.8. The minimum Gasteiger partial charge on any atom is -0.387 e. The number of carbonyl (C=O) groups excluding carboxylic acids is 1. The highest BCUT2D eigenvalue weighted by molar-refractivity contribution is 5.90. The van der Waals surface area contributed by atoms with E-state index >= 15 is 0 Å². The summed E-state index contributed by atoms with van der Waals surface area (Å²) in [7, 11) is 0. The predicted octanol–water partition coefficient (Wildman–Crippen LogP) is 3.15. The van der Waals surface area contributed by atoms with Crippen LogP contribution in [0.1, 0.15) is 25.2 Å². The van der Waals surface area contributed by atoms with Gasteiger partial charge >= 0.3 is 18.4 Å². The summed E-state index contributed by atoms with van der Waals surface area (Å²) < 4.78 is 102. The van der Waals surface area contributed by atoms with E-state index in [2.05, 4.69) is 25.3 Å². The summed E-state index contributed by atoms with van der Waals surface area (Å²) in [6.07, 6.45) is -10.8. The fourth-order valence-electron chi connectivity index (χ4n) is 2.83. The lowest BCUT2D eigenvalue weighted by atomic mass is 9.93. The molecule has 0 saturated heterocycles. The second-order valence-electron chi connectivity index (χ2n) is 7.58. The van der Waals surface area contributed by atoms with Crippen molar-refractivity contribution in [2.45, 2.75) is 37.3 Å². The van der Waals surface area contributed by atoms with Gasteiger partial charge in [-0.05, 0) is 26.0 Å². The largest absolute Gasteiger partial charge is 0.434 e. The van der Waals surface area contributed by atoms with Gasteiger partial charge in [0.05, 0.1) is 12.8 Å². The Morgan fingerprint density at radius 3 is 2.34 bits per heavy atom. The number of hydrogen-bond acceptors (Lipinski definition) is 9. The van der Waals surface area contributed by atoms with Crippen LogP contribution >= 0.6 is 0 Å². The van der Waals surface area contributed by atoms with Crippen LogP contribution in [0.3, 0.4) is 0 Å². The number of carbonyl (C=O) groups is 1. The first-order chi connectivity index (χ1) is 16.0. The molecule has 0 aromatic carbocycles. The monoisotopic (exact) mass is 511 g/mol. The van der Waals surface area contributed by atoms with Crippen LogP contribution in [0, 0.1) is 5.82 Å². The number of anilines is 2. The number of halogens is 7. The molecule has 2 aromatic heterocycles. The molecule has 0 fully saturated rings. The number of nitrogens with two attached hydrogens (primary N) is 2. The van der Waals surface area contributed by atoms with Crippen LogP contribution < -0.4 is 21.5 Å². The number of pyridine rings is 1. The van der Waals surface area contributed by atoms with Crippen LogP contribution in [0.2, 0.25) is 0 Å². The van der Waals surface area contributed by atoms with Gasteiger partial charge in [-0.2, -0.15) is 26.3 Å². The zero-order valence-corrected chi connectivity index (χ0v) is 17.8. The van der Waals surface area contributed by atoms with Gasteiger partial charge in [0.2, 0.25) is 5.60 Å². The van der Waals surface area contributed by atoms with Crippen LogP contribution in [0.25, 0.3) is 0 Å². The highest BCUT2D eigenvalue weighted by atomic mass is 19.4. The van der Waals surface area contributed by atoms with Crippen molar-refractivity contribution >= 4 is 23.6 Å². The van der Waals surface area contributed by atoms with Gasteiger partial charge in [-0.1, -0.05) is 0 Å². The lowest BCUT2D eigenvalue weighted by Gasteiger charge is -2.40. The van der Waals surface area contributed by atoms with E-state index in [4.69, 9.17) is 20.9 Å². The summed E-state index contributed by atoms with van der Waals surface area (Å²) in [4.78, 5) is 26.0. The van der Waals surface area contributed by atoms with Gasteiger partial charge in [0, 0.05) is 0 Å². The maximum Gasteiger partial charge on any atom is 0.434 e.